The number of carbonyl (C=O) groups is 2. The molecule has 7 heteroatoms. The zero-order valence-electron chi connectivity index (χ0n) is 10.2. The number of carboxylic acids is 1. The van der Waals surface area contributed by atoms with E-state index in [1.807, 2.05) is 0 Å². The van der Waals surface area contributed by atoms with Crippen molar-refractivity contribution in [2.24, 2.45) is 5.73 Å². The summed E-state index contributed by atoms with van der Waals surface area (Å²) in [4.78, 5) is 22.9. The minimum atomic E-state index is -1.28. The van der Waals surface area contributed by atoms with Gasteiger partial charge in [-0.25, -0.2) is 9.18 Å². The van der Waals surface area contributed by atoms with Gasteiger partial charge < -0.3 is 20.6 Å². The number of halogens is 1. The van der Waals surface area contributed by atoms with Crippen LogP contribution in [0, 0.1) is 5.82 Å². The molecule has 0 bridgehead atoms. The standard InChI is InChI=1S/C13H11FN2O4/c14-7-1-3-9(13(18)19)10(5-7)16-12(17)11-4-2-8(6-15)20-11/h1-5H,6,15H2,(H,16,17)(H,18,19). The van der Waals surface area contributed by atoms with Crippen molar-refractivity contribution < 1.29 is 23.5 Å². The summed E-state index contributed by atoms with van der Waals surface area (Å²) in [6, 6.07) is 5.92. The Kier molecular flexibility index (Phi) is 3.81. The van der Waals surface area contributed by atoms with Gasteiger partial charge in [0, 0.05) is 0 Å². The van der Waals surface area contributed by atoms with E-state index in [1.54, 1.807) is 0 Å². The summed E-state index contributed by atoms with van der Waals surface area (Å²) < 4.78 is 18.3. The third-order valence-corrected chi connectivity index (χ3v) is 2.55. The van der Waals surface area contributed by atoms with Crippen LogP contribution in [0.3, 0.4) is 0 Å². The Labute approximate surface area is 113 Å². The van der Waals surface area contributed by atoms with Crippen molar-refractivity contribution in [1.82, 2.24) is 0 Å². The fourth-order valence-corrected chi connectivity index (χ4v) is 1.60. The lowest BCUT2D eigenvalue weighted by Crippen LogP contribution is -2.14. The smallest absolute Gasteiger partial charge is 0.337 e. The number of aromatic carboxylic acids is 1. The van der Waals surface area contributed by atoms with Crippen molar-refractivity contribution in [1.29, 1.82) is 0 Å². The van der Waals surface area contributed by atoms with Gasteiger partial charge in [-0.2, -0.15) is 0 Å². The summed E-state index contributed by atoms with van der Waals surface area (Å²) in [7, 11) is 0. The molecule has 0 saturated heterocycles. The van der Waals surface area contributed by atoms with E-state index in [9.17, 15) is 14.0 Å². The van der Waals surface area contributed by atoms with Crippen LogP contribution in [-0.4, -0.2) is 17.0 Å². The number of amides is 1. The molecule has 20 heavy (non-hydrogen) atoms. The minimum Gasteiger partial charge on any atom is -0.478 e. The van der Waals surface area contributed by atoms with Crippen LogP contribution in [-0.2, 0) is 6.54 Å². The van der Waals surface area contributed by atoms with Gasteiger partial charge in [-0.05, 0) is 30.3 Å². The van der Waals surface area contributed by atoms with E-state index in [0.29, 0.717) is 5.76 Å². The maximum atomic E-state index is 13.1. The average Bonchev–Trinajstić information content (AvgIpc) is 2.87. The molecule has 0 spiro atoms. The number of carbonyl (C=O) groups excluding carboxylic acids is 1. The lowest BCUT2D eigenvalue weighted by molar-refractivity contribution is 0.0698. The van der Waals surface area contributed by atoms with Gasteiger partial charge in [-0.15, -0.1) is 0 Å². The van der Waals surface area contributed by atoms with Crippen molar-refractivity contribution in [3.05, 3.63) is 53.2 Å². The molecule has 0 atom stereocenters. The van der Waals surface area contributed by atoms with Gasteiger partial charge in [0.2, 0.25) is 0 Å². The molecular formula is C13H11FN2O4. The molecule has 1 aromatic heterocycles. The zero-order valence-corrected chi connectivity index (χ0v) is 10.2. The molecule has 1 heterocycles. The van der Waals surface area contributed by atoms with E-state index in [-0.39, 0.29) is 23.6 Å². The number of hydrogen-bond donors (Lipinski definition) is 3. The molecule has 0 unspecified atom stereocenters. The number of hydrogen-bond acceptors (Lipinski definition) is 4. The first-order valence-electron chi connectivity index (χ1n) is 5.64. The van der Waals surface area contributed by atoms with Crippen LogP contribution in [0.25, 0.3) is 0 Å². The quantitative estimate of drug-likeness (QED) is 0.791. The summed E-state index contributed by atoms with van der Waals surface area (Å²) in [5.74, 6) is -2.24. The number of rotatable bonds is 4. The highest BCUT2D eigenvalue weighted by Gasteiger charge is 2.16. The predicted octanol–water partition coefficient (Wildman–Crippen LogP) is 1.83. The molecule has 1 amide bonds. The Hall–Kier alpha value is -2.67. The number of anilines is 1. The summed E-state index contributed by atoms with van der Waals surface area (Å²) in [5, 5.41) is 11.3. The highest BCUT2D eigenvalue weighted by atomic mass is 19.1. The van der Waals surface area contributed by atoms with Gasteiger partial charge in [-0.3, -0.25) is 4.79 Å². The molecule has 2 rings (SSSR count). The maximum absolute atomic E-state index is 13.1. The SMILES string of the molecule is NCc1ccc(C(=O)Nc2cc(F)ccc2C(=O)O)o1. The van der Waals surface area contributed by atoms with Gasteiger partial charge in [-0.1, -0.05) is 0 Å². The summed E-state index contributed by atoms with van der Waals surface area (Å²) in [5.41, 5.74) is 4.98. The van der Waals surface area contributed by atoms with Gasteiger partial charge in [0.25, 0.3) is 5.91 Å². The third-order valence-electron chi connectivity index (χ3n) is 2.55. The number of carboxylic acid groups (broad SMARTS) is 1. The van der Waals surface area contributed by atoms with Crippen LogP contribution in [0.5, 0.6) is 0 Å². The molecule has 104 valence electrons. The van der Waals surface area contributed by atoms with Gasteiger partial charge in [0.1, 0.15) is 11.6 Å². The largest absolute Gasteiger partial charge is 0.478 e. The monoisotopic (exact) mass is 278 g/mol. The molecule has 0 radical (unpaired) electrons. The lowest BCUT2D eigenvalue weighted by Gasteiger charge is -2.07. The number of benzene rings is 1. The van der Waals surface area contributed by atoms with Gasteiger partial charge in [0.15, 0.2) is 5.76 Å². The summed E-state index contributed by atoms with van der Waals surface area (Å²) in [6.45, 7) is 0.133. The Morgan fingerprint density at radius 3 is 2.65 bits per heavy atom. The average molecular weight is 278 g/mol. The van der Waals surface area contributed by atoms with E-state index in [0.717, 1.165) is 18.2 Å². The molecule has 6 nitrogen and oxygen atoms in total. The molecule has 0 saturated carbocycles. The van der Waals surface area contributed by atoms with Crippen LogP contribution in [0.4, 0.5) is 10.1 Å². The predicted molar refractivity (Wildman–Crippen MR) is 67.9 cm³/mol. The highest BCUT2D eigenvalue weighted by molar-refractivity contribution is 6.06. The Balaban J connectivity index is 2.27. The molecule has 0 aliphatic carbocycles. The van der Waals surface area contributed by atoms with Crippen LogP contribution >= 0.6 is 0 Å². The molecule has 0 fully saturated rings. The van der Waals surface area contributed by atoms with Gasteiger partial charge >= 0.3 is 5.97 Å². The first-order chi connectivity index (χ1) is 9.51. The Morgan fingerprint density at radius 2 is 2.05 bits per heavy atom. The fourth-order valence-electron chi connectivity index (χ4n) is 1.60. The molecule has 4 N–H and O–H groups in total. The second kappa shape index (κ2) is 5.54. The molecule has 2 aromatic rings. The van der Waals surface area contributed by atoms with E-state index in [1.165, 1.54) is 12.1 Å². The maximum Gasteiger partial charge on any atom is 0.337 e. The first kappa shape index (κ1) is 13.8. The molecular weight excluding hydrogens is 267 g/mol. The topological polar surface area (TPSA) is 106 Å². The van der Waals surface area contributed by atoms with Crippen molar-refractivity contribution in [2.75, 3.05) is 5.32 Å². The van der Waals surface area contributed by atoms with Crippen LogP contribution in [0.2, 0.25) is 0 Å². The number of nitrogens with two attached hydrogens (primary N) is 1. The molecule has 0 aliphatic heterocycles. The Bertz CT molecular complexity index is 666. The van der Waals surface area contributed by atoms with Gasteiger partial charge in [0.05, 0.1) is 17.8 Å². The van der Waals surface area contributed by atoms with Crippen molar-refractivity contribution in [2.45, 2.75) is 6.54 Å². The second-order valence-electron chi connectivity index (χ2n) is 3.92. The van der Waals surface area contributed by atoms with Crippen molar-refractivity contribution >= 4 is 17.6 Å². The van der Waals surface area contributed by atoms with Crippen LogP contribution in [0.1, 0.15) is 26.7 Å². The number of nitrogens with one attached hydrogen (secondary N) is 1. The normalized spacial score (nSPS) is 10.3. The highest BCUT2D eigenvalue weighted by Crippen LogP contribution is 2.19. The van der Waals surface area contributed by atoms with E-state index in [4.69, 9.17) is 15.3 Å². The van der Waals surface area contributed by atoms with Crippen LogP contribution in [0.15, 0.2) is 34.7 Å². The van der Waals surface area contributed by atoms with E-state index >= 15 is 0 Å². The molecule has 1 aromatic carbocycles. The Morgan fingerprint density at radius 1 is 1.30 bits per heavy atom. The van der Waals surface area contributed by atoms with Crippen LogP contribution < -0.4 is 11.1 Å². The van der Waals surface area contributed by atoms with Crippen molar-refractivity contribution in [3.8, 4) is 0 Å². The lowest BCUT2D eigenvalue weighted by atomic mass is 10.1. The second-order valence-corrected chi connectivity index (χ2v) is 3.92. The van der Waals surface area contributed by atoms with E-state index in [2.05, 4.69) is 5.32 Å². The third kappa shape index (κ3) is 2.83. The molecule has 0 aliphatic rings. The summed E-state index contributed by atoms with van der Waals surface area (Å²) in [6.07, 6.45) is 0. The fraction of sp³-hybridized carbons (Fsp3) is 0.0769. The first-order valence-corrected chi connectivity index (χ1v) is 5.64. The summed E-state index contributed by atoms with van der Waals surface area (Å²) >= 11 is 0. The number of furan rings is 1. The van der Waals surface area contributed by atoms with E-state index < -0.39 is 17.7 Å². The minimum absolute atomic E-state index is 0.0361. The van der Waals surface area contributed by atoms with Crippen molar-refractivity contribution in [3.63, 3.8) is 0 Å². The zero-order chi connectivity index (χ0) is 14.7.